The Morgan fingerprint density at radius 1 is 1.09 bits per heavy atom. The van der Waals surface area contributed by atoms with Crippen molar-refractivity contribution in [2.24, 2.45) is 17.3 Å². The molecule has 3 aliphatic rings. The lowest BCUT2D eigenvalue weighted by molar-refractivity contribution is -0.385. The molecule has 0 heterocycles. The van der Waals surface area contributed by atoms with E-state index in [0.29, 0.717) is 23.5 Å². The molecule has 5 atom stereocenters. The van der Waals surface area contributed by atoms with Crippen molar-refractivity contribution >= 4 is 22.3 Å². The number of fused-ring (bicyclic) bond motifs is 5. The van der Waals surface area contributed by atoms with Crippen LogP contribution in [0, 0.1) is 39.7 Å². The number of nitro groups is 1. The highest BCUT2D eigenvalue weighted by Gasteiger charge is 2.63. The maximum absolute atomic E-state index is 12.0. The van der Waals surface area contributed by atoms with E-state index in [4.69, 9.17) is 15.3 Å². The summed E-state index contributed by atoms with van der Waals surface area (Å²) in [5.74, 6) is 4.95. The number of rotatable bonds is 5. The third-order valence-electron chi connectivity index (χ3n) is 8.25. The number of benzene rings is 1. The smallest absolute Gasteiger partial charge is 0.309 e. The van der Waals surface area contributed by atoms with E-state index in [1.54, 1.807) is 0 Å². The molecule has 2 fully saturated rings. The van der Waals surface area contributed by atoms with Gasteiger partial charge in [0, 0.05) is 11.5 Å². The van der Waals surface area contributed by atoms with Crippen molar-refractivity contribution in [3.8, 4) is 18.1 Å². The summed E-state index contributed by atoms with van der Waals surface area (Å²) in [6, 6.07) is 3.82. The van der Waals surface area contributed by atoms with Gasteiger partial charge in [-0.25, -0.2) is 0 Å². The molecule has 0 spiro atoms. The predicted molar refractivity (Wildman–Crippen MR) is 138 cm³/mol. The van der Waals surface area contributed by atoms with Gasteiger partial charge in [0.1, 0.15) is 5.60 Å². The van der Waals surface area contributed by atoms with E-state index < -0.39 is 22.2 Å². The first-order valence-corrected chi connectivity index (χ1v) is 19.2. The van der Waals surface area contributed by atoms with Crippen molar-refractivity contribution < 1.29 is 13.8 Å². The molecule has 0 saturated heterocycles. The normalized spacial score (nSPS) is 33.5. The van der Waals surface area contributed by atoms with Crippen LogP contribution in [-0.2, 0) is 10.8 Å². The van der Waals surface area contributed by atoms with Crippen LogP contribution in [0.2, 0.25) is 39.3 Å². The number of terminal acetylenes is 1. The van der Waals surface area contributed by atoms with E-state index in [9.17, 15) is 10.1 Å². The van der Waals surface area contributed by atoms with Crippen molar-refractivity contribution in [1.82, 2.24) is 0 Å². The second-order valence-electron chi connectivity index (χ2n) is 12.6. The fraction of sp³-hybridized carbons (Fsp3) is 0.692. The van der Waals surface area contributed by atoms with Crippen LogP contribution in [-0.4, -0.2) is 27.2 Å². The molecule has 2 saturated carbocycles. The van der Waals surface area contributed by atoms with Crippen LogP contribution in [0.25, 0.3) is 0 Å². The molecule has 5 nitrogen and oxygen atoms in total. The summed E-state index contributed by atoms with van der Waals surface area (Å²) in [5.41, 5.74) is 2.02. The molecular weight excluding hydrogens is 446 g/mol. The Labute approximate surface area is 201 Å². The average molecular weight is 486 g/mol. The molecule has 3 aliphatic carbocycles. The summed E-state index contributed by atoms with van der Waals surface area (Å²) in [6.07, 6.45) is 12.3. The molecule has 180 valence electrons. The largest absolute Gasteiger partial charge is 0.540 e. The lowest BCUT2D eigenvalue weighted by Crippen LogP contribution is -2.54. The predicted octanol–water partition coefficient (Wildman–Crippen LogP) is 6.89. The zero-order valence-electron chi connectivity index (χ0n) is 21.3. The third-order valence-corrected chi connectivity index (χ3v) is 10.0. The van der Waals surface area contributed by atoms with E-state index in [0.717, 1.165) is 38.5 Å². The SMILES string of the molecule is C#CC1(O[Si](C)(C)C)CCC2C3CCc4cc(O[Si](C)(C)C)c([N+](=O)[O-])cc4C3CCC21C. The fourth-order valence-corrected chi connectivity index (χ4v) is 9.36. The summed E-state index contributed by atoms with van der Waals surface area (Å²) in [5, 5.41) is 12.0. The highest BCUT2D eigenvalue weighted by Crippen LogP contribution is 2.65. The first kappa shape index (κ1) is 24.5. The second-order valence-corrected chi connectivity index (χ2v) is 21.4. The highest BCUT2D eigenvalue weighted by molar-refractivity contribution is 6.70. The minimum absolute atomic E-state index is 0.0342. The van der Waals surface area contributed by atoms with E-state index in [1.165, 1.54) is 11.1 Å². The number of hydrogen-bond acceptors (Lipinski definition) is 4. The monoisotopic (exact) mass is 485 g/mol. The van der Waals surface area contributed by atoms with Gasteiger partial charge in [-0.2, -0.15) is 0 Å². The van der Waals surface area contributed by atoms with Crippen molar-refractivity contribution in [3.63, 3.8) is 0 Å². The van der Waals surface area contributed by atoms with Gasteiger partial charge in [0.25, 0.3) is 0 Å². The third kappa shape index (κ3) is 4.19. The number of hydrogen-bond donors (Lipinski definition) is 0. The number of nitrogens with zero attached hydrogens (tertiary/aromatic N) is 1. The molecule has 1 aromatic rings. The highest BCUT2D eigenvalue weighted by atomic mass is 28.4. The molecule has 0 bridgehead atoms. The number of aryl methyl sites for hydroxylation is 1. The summed E-state index contributed by atoms with van der Waals surface area (Å²) in [6.45, 7) is 15.2. The summed E-state index contributed by atoms with van der Waals surface area (Å²) >= 11 is 0. The quantitative estimate of drug-likeness (QED) is 0.197. The molecule has 0 aliphatic heterocycles. The van der Waals surface area contributed by atoms with E-state index in [2.05, 4.69) is 52.1 Å². The lowest BCUT2D eigenvalue weighted by Gasteiger charge is -2.54. The van der Waals surface area contributed by atoms with Gasteiger partial charge in [0.05, 0.1) is 4.92 Å². The van der Waals surface area contributed by atoms with Gasteiger partial charge < -0.3 is 8.85 Å². The first-order valence-electron chi connectivity index (χ1n) is 12.4. The van der Waals surface area contributed by atoms with Gasteiger partial charge in [-0.1, -0.05) is 12.8 Å². The first-order chi connectivity index (χ1) is 15.2. The number of nitro benzene ring substituents is 1. The Kier molecular flexibility index (Phi) is 5.91. The van der Waals surface area contributed by atoms with E-state index in [1.807, 2.05) is 12.1 Å². The summed E-state index contributed by atoms with van der Waals surface area (Å²) in [4.78, 5) is 11.7. The van der Waals surface area contributed by atoms with E-state index >= 15 is 0 Å². The molecule has 4 rings (SSSR count). The van der Waals surface area contributed by atoms with Gasteiger partial charge >= 0.3 is 5.69 Å². The average Bonchev–Trinajstić information content (AvgIpc) is 2.97. The summed E-state index contributed by atoms with van der Waals surface area (Å²) in [7, 11) is -3.77. The van der Waals surface area contributed by atoms with Crippen LogP contribution in [0.15, 0.2) is 12.1 Å². The molecular formula is C26H39NO4Si2. The molecule has 0 amide bonds. The zero-order valence-corrected chi connectivity index (χ0v) is 23.3. The van der Waals surface area contributed by atoms with E-state index in [-0.39, 0.29) is 16.0 Å². The topological polar surface area (TPSA) is 61.6 Å². The Morgan fingerprint density at radius 2 is 1.79 bits per heavy atom. The Balaban J connectivity index is 1.70. The van der Waals surface area contributed by atoms with Crippen LogP contribution in [0.4, 0.5) is 5.69 Å². The van der Waals surface area contributed by atoms with Gasteiger partial charge in [0.2, 0.25) is 8.32 Å². The minimum Gasteiger partial charge on any atom is -0.540 e. The van der Waals surface area contributed by atoms with Crippen LogP contribution in [0.1, 0.15) is 56.1 Å². The van der Waals surface area contributed by atoms with Gasteiger partial charge in [-0.15, -0.1) is 6.42 Å². The Bertz CT molecular complexity index is 1010. The van der Waals surface area contributed by atoms with Crippen molar-refractivity contribution in [2.75, 3.05) is 0 Å². The molecule has 0 radical (unpaired) electrons. The Morgan fingerprint density at radius 3 is 2.36 bits per heavy atom. The van der Waals surface area contributed by atoms with Gasteiger partial charge in [-0.3, -0.25) is 10.1 Å². The van der Waals surface area contributed by atoms with Gasteiger partial charge in [0.15, 0.2) is 14.1 Å². The van der Waals surface area contributed by atoms with Crippen LogP contribution in [0.3, 0.4) is 0 Å². The Hall–Kier alpha value is -1.63. The maximum atomic E-state index is 12.0. The zero-order chi connectivity index (χ0) is 24.4. The molecule has 0 aromatic heterocycles. The van der Waals surface area contributed by atoms with Crippen LogP contribution < -0.4 is 4.43 Å². The maximum Gasteiger partial charge on any atom is 0.309 e. The molecule has 33 heavy (non-hydrogen) atoms. The fourth-order valence-electron chi connectivity index (χ4n) is 7.10. The van der Waals surface area contributed by atoms with Crippen molar-refractivity contribution in [2.45, 2.75) is 96.2 Å². The molecule has 0 N–H and O–H groups in total. The van der Waals surface area contributed by atoms with Crippen LogP contribution in [0.5, 0.6) is 5.75 Å². The molecule has 1 aromatic carbocycles. The summed E-state index contributed by atoms with van der Waals surface area (Å²) < 4.78 is 12.9. The van der Waals surface area contributed by atoms with Crippen LogP contribution >= 0.6 is 0 Å². The molecule has 7 heteroatoms. The standard InChI is InChI=1S/C26H39NO4Si2/c1-9-26(31-33(6,7)8)15-13-22-20-11-10-18-16-24(30-32(3,4)5)23(27(28)29)17-21(18)19(20)12-14-25(22,26)2/h1,16-17,19-20,22H,10-15H2,2-8H3. The molecule has 5 unspecified atom stereocenters. The van der Waals surface area contributed by atoms with Crippen molar-refractivity contribution in [1.29, 1.82) is 0 Å². The van der Waals surface area contributed by atoms with Gasteiger partial charge in [-0.05, 0) is 113 Å². The minimum atomic E-state index is -1.96. The second kappa shape index (κ2) is 7.96. The van der Waals surface area contributed by atoms with Crippen molar-refractivity contribution in [3.05, 3.63) is 33.4 Å². The lowest BCUT2D eigenvalue weighted by atomic mass is 9.53.